The minimum absolute atomic E-state index is 0.00844. The molecule has 16 heavy (non-hydrogen) atoms. The number of nitrogens with zero attached hydrogens (tertiary/aromatic N) is 2. The average Bonchev–Trinajstić information content (AvgIpc) is 2.16. The summed E-state index contributed by atoms with van der Waals surface area (Å²) in [6, 6.07) is 0. The van der Waals surface area contributed by atoms with Crippen molar-refractivity contribution in [1.29, 1.82) is 0 Å². The van der Waals surface area contributed by atoms with Gasteiger partial charge in [0.25, 0.3) is 5.91 Å². The maximum Gasteiger partial charge on any atom is 0.271 e. The van der Waals surface area contributed by atoms with Crippen LogP contribution in [0.3, 0.4) is 0 Å². The Bertz CT molecular complexity index is 382. The fourth-order valence-corrected chi connectivity index (χ4v) is 1.31. The third-order valence-corrected chi connectivity index (χ3v) is 2.21. The van der Waals surface area contributed by atoms with Crippen LogP contribution in [0.15, 0.2) is 12.4 Å². The van der Waals surface area contributed by atoms with Gasteiger partial charge in [0.1, 0.15) is 10.8 Å². The highest BCUT2D eigenvalue weighted by Gasteiger charge is 2.21. The maximum absolute atomic E-state index is 11.7. The minimum atomic E-state index is -0.490. The molecule has 0 spiro atoms. The molecular formula is C10H14ClN3O2. The highest BCUT2D eigenvalue weighted by Crippen LogP contribution is 2.09. The molecule has 0 radical (unpaired) electrons. The lowest BCUT2D eigenvalue weighted by molar-refractivity contribution is 0.0894. The van der Waals surface area contributed by atoms with E-state index in [4.69, 9.17) is 16.7 Å². The number of aromatic nitrogens is 2. The van der Waals surface area contributed by atoms with E-state index in [1.165, 1.54) is 12.4 Å². The molecule has 0 aliphatic carbocycles. The van der Waals surface area contributed by atoms with Crippen molar-refractivity contribution in [2.75, 3.05) is 6.61 Å². The summed E-state index contributed by atoms with van der Waals surface area (Å²) >= 11 is 5.63. The molecule has 0 saturated carbocycles. The van der Waals surface area contributed by atoms with Gasteiger partial charge in [-0.15, -0.1) is 0 Å². The topological polar surface area (TPSA) is 75.1 Å². The van der Waals surface area contributed by atoms with Crippen molar-refractivity contribution in [3.63, 3.8) is 0 Å². The lowest BCUT2D eigenvalue weighted by atomic mass is 10.0. The van der Waals surface area contributed by atoms with Crippen LogP contribution in [0.2, 0.25) is 5.15 Å². The van der Waals surface area contributed by atoms with Crippen LogP contribution in [-0.2, 0) is 0 Å². The van der Waals surface area contributed by atoms with Crippen LogP contribution in [-0.4, -0.2) is 33.1 Å². The molecule has 0 aromatic carbocycles. The molecule has 88 valence electrons. The molecule has 0 unspecified atom stereocenters. The third-order valence-electron chi connectivity index (χ3n) is 2.03. The van der Waals surface area contributed by atoms with Crippen molar-refractivity contribution >= 4 is 17.5 Å². The van der Waals surface area contributed by atoms with Crippen LogP contribution >= 0.6 is 11.6 Å². The molecule has 0 atom stereocenters. The van der Waals surface area contributed by atoms with Crippen LogP contribution in [0.5, 0.6) is 0 Å². The first-order valence-corrected chi connectivity index (χ1v) is 5.23. The van der Waals surface area contributed by atoms with Gasteiger partial charge in [0, 0.05) is 12.1 Å². The van der Waals surface area contributed by atoms with Gasteiger partial charge in [0.05, 0.1) is 12.4 Å². The van der Waals surface area contributed by atoms with E-state index in [1.54, 1.807) is 0 Å². The summed E-state index contributed by atoms with van der Waals surface area (Å²) in [7, 11) is 0. The Balaban J connectivity index is 2.72. The fourth-order valence-electron chi connectivity index (χ4n) is 1.16. The van der Waals surface area contributed by atoms with Gasteiger partial charge >= 0.3 is 0 Å². The highest BCUT2D eigenvalue weighted by atomic mass is 35.5. The van der Waals surface area contributed by atoms with Crippen molar-refractivity contribution in [1.82, 2.24) is 15.3 Å². The van der Waals surface area contributed by atoms with Gasteiger partial charge in [0.2, 0.25) is 0 Å². The van der Waals surface area contributed by atoms with Gasteiger partial charge in [0.15, 0.2) is 0 Å². The van der Waals surface area contributed by atoms with Gasteiger partial charge in [-0.2, -0.15) is 0 Å². The van der Waals surface area contributed by atoms with Gasteiger partial charge in [-0.05, 0) is 20.3 Å². The van der Waals surface area contributed by atoms with E-state index in [9.17, 15) is 4.79 Å². The summed E-state index contributed by atoms with van der Waals surface area (Å²) in [5.41, 5.74) is -0.325. The Hall–Kier alpha value is -1.20. The average molecular weight is 244 g/mol. The van der Waals surface area contributed by atoms with Gasteiger partial charge in [-0.25, -0.2) is 4.98 Å². The Morgan fingerprint density at radius 1 is 1.56 bits per heavy atom. The van der Waals surface area contributed by atoms with Gasteiger partial charge < -0.3 is 10.4 Å². The highest BCUT2D eigenvalue weighted by molar-refractivity contribution is 6.29. The monoisotopic (exact) mass is 243 g/mol. The zero-order valence-corrected chi connectivity index (χ0v) is 9.95. The predicted octanol–water partition coefficient (Wildman–Crippen LogP) is 1.02. The van der Waals surface area contributed by atoms with E-state index in [1.807, 2.05) is 13.8 Å². The second-order valence-corrected chi connectivity index (χ2v) is 4.43. The van der Waals surface area contributed by atoms with Crippen LogP contribution < -0.4 is 5.32 Å². The SMILES string of the molecule is CC(C)(CCO)NC(=O)c1cncc(Cl)n1. The number of hydrogen-bond acceptors (Lipinski definition) is 4. The van der Waals surface area contributed by atoms with E-state index < -0.39 is 5.54 Å². The largest absolute Gasteiger partial charge is 0.396 e. The quantitative estimate of drug-likeness (QED) is 0.828. The van der Waals surface area contributed by atoms with E-state index in [2.05, 4.69) is 15.3 Å². The Morgan fingerprint density at radius 2 is 2.25 bits per heavy atom. The van der Waals surface area contributed by atoms with Crippen molar-refractivity contribution in [2.24, 2.45) is 0 Å². The van der Waals surface area contributed by atoms with Crippen LogP contribution in [0.4, 0.5) is 0 Å². The van der Waals surface area contributed by atoms with Crippen molar-refractivity contribution < 1.29 is 9.90 Å². The number of rotatable bonds is 4. The Kier molecular flexibility index (Phi) is 4.20. The van der Waals surface area contributed by atoms with Crippen LogP contribution in [0.1, 0.15) is 30.8 Å². The van der Waals surface area contributed by atoms with E-state index >= 15 is 0 Å². The summed E-state index contributed by atoms with van der Waals surface area (Å²) < 4.78 is 0. The summed E-state index contributed by atoms with van der Waals surface area (Å²) in [5, 5.41) is 11.7. The van der Waals surface area contributed by atoms with Crippen molar-refractivity contribution in [3.05, 3.63) is 23.2 Å². The second kappa shape index (κ2) is 5.23. The lowest BCUT2D eigenvalue weighted by Crippen LogP contribution is -2.44. The fraction of sp³-hybridized carbons (Fsp3) is 0.500. The van der Waals surface area contributed by atoms with E-state index in [-0.39, 0.29) is 23.4 Å². The second-order valence-electron chi connectivity index (χ2n) is 4.04. The maximum atomic E-state index is 11.7. The first-order valence-electron chi connectivity index (χ1n) is 4.85. The molecule has 0 bridgehead atoms. The third kappa shape index (κ3) is 3.75. The molecule has 0 saturated heterocycles. The number of carbonyl (C=O) groups excluding carboxylic acids is 1. The molecule has 1 heterocycles. The molecule has 0 aliphatic heterocycles. The number of hydrogen-bond donors (Lipinski definition) is 2. The molecule has 2 N–H and O–H groups in total. The molecule has 0 fully saturated rings. The number of amides is 1. The Labute approximate surface area is 98.9 Å². The zero-order valence-electron chi connectivity index (χ0n) is 9.20. The smallest absolute Gasteiger partial charge is 0.271 e. The molecule has 6 heteroatoms. The standard InChI is InChI=1S/C10H14ClN3O2/c1-10(2,3-4-15)14-9(16)7-5-12-6-8(11)13-7/h5-6,15H,3-4H2,1-2H3,(H,14,16). The van der Waals surface area contributed by atoms with Gasteiger partial charge in [-0.1, -0.05) is 11.6 Å². The minimum Gasteiger partial charge on any atom is -0.396 e. The molecule has 1 amide bonds. The molecule has 1 rings (SSSR count). The first kappa shape index (κ1) is 12.9. The molecule has 5 nitrogen and oxygen atoms in total. The first-order chi connectivity index (χ1) is 7.44. The Morgan fingerprint density at radius 3 is 2.81 bits per heavy atom. The predicted molar refractivity (Wildman–Crippen MR) is 60.3 cm³/mol. The molecule has 0 aliphatic rings. The number of aliphatic hydroxyl groups excluding tert-OH is 1. The molecular weight excluding hydrogens is 230 g/mol. The number of carbonyl (C=O) groups is 1. The number of nitrogens with one attached hydrogen (secondary N) is 1. The molecule has 1 aromatic heterocycles. The van der Waals surface area contributed by atoms with Crippen LogP contribution in [0, 0.1) is 0 Å². The number of halogens is 1. The van der Waals surface area contributed by atoms with Crippen molar-refractivity contribution in [3.8, 4) is 0 Å². The number of aliphatic hydroxyl groups is 1. The van der Waals surface area contributed by atoms with Crippen LogP contribution in [0.25, 0.3) is 0 Å². The van der Waals surface area contributed by atoms with Crippen molar-refractivity contribution in [2.45, 2.75) is 25.8 Å². The zero-order chi connectivity index (χ0) is 12.2. The van der Waals surface area contributed by atoms with Gasteiger partial charge in [-0.3, -0.25) is 9.78 Å². The summed E-state index contributed by atoms with van der Waals surface area (Å²) in [6.45, 7) is 3.65. The summed E-state index contributed by atoms with van der Waals surface area (Å²) in [6.07, 6.45) is 3.17. The lowest BCUT2D eigenvalue weighted by Gasteiger charge is -2.24. The summed E-state index contributed by atoms with van der Waals surface area (Å²) in [5.74, 6) is -0.353. The van der Waals surface area contributed by atoms with E-state index in [0.717, 1.165) is 0 Å². The molecule has 1 aromatic rings. The summed E-state index contributed by atoms with van der Waals surface area (Å²) in [4.78, 5) is 19.4. The van der Waals surface area contributed by atoms with E-state index in [0.29, 0.717) is 6.42 Å². The normalized spacial score (nSPS) is 11.2.